The molecule has 9 nitrogen and oxygen atoms in total. The van der Waals surface area contributed by atoms with Crippen molar-refractivity contribution in [3.63, 3.8) is 0 Å². The first kappa shape index (κ1) is 33.3. The Bertz CT molecular complexity index is 1580. The van der Waals surface area contributed by atoms with Gasteiger partial charge in [0.1, 0.15) is 6.10 Å². The van der Waals surface area contributed by atoms with E-state index < -0.39 is 28.8 Å². The highest BCUT2D eigenvalue weighted by Gasteiger charge is 2.35. The minimum atomic E-state index is -4.38. The summed E-state index contributed by atoms with van der Waals surface area (Å²) in [5, 5.41) is 3.34. The monoisotopic (exact) mass is 633 g/mol. The Hall–Kier alpha value is -3.55. The maximum atomic E-state index is 13.4. The summed E-state index contributed by atoms with van der Waals surface area (Å²) in [6.45, 7) is 8.54. The number of anilines is 1. The molecule has 1 aliphatic rings. The smallest absolute Gasteiger partial charge is 0.401 e. The van der Waals surface area contributed by atoms with Crippen molar-refractivity contribution in [3.8, 4) is 17.1 Å². The van der Waals surface area contributed by atoms with Crippen LogP contribution in [0.3, 0.4) is 0 Å². The second kappa shape index (κ2) is 13.6. The number of carbonyl (C=O) groups excluding carboxylic acids is 1. The molecule has 0 bridgehead atoms. The third-order valence-electron chi connectivity index (χ3n) is 7.24. The van der Waals surface area contributed by atoms with Crippen molar-refractivity contribution in [1.82, 2.24) is 20.2 Å². The van der Waals surface area contributed by atoms with Gasteiger partial charge >= 0.3 is 6.18 Å². The summed E-state index contributed by atoms with van der Waals surface area (Å²) in [4.78, 5) is 21.8. The molecular weight excluding hydrogens is 595 g/mol. The fourth-order valence-corrected chi connectivity index (χ4v) is 6.39. The molecule has 0 aliphatic carbocycles. The molecule has 2 atom stereocenters. The highest BCUT2D eigenvalue weighted by atomic mass is 32.2. The summed E-state index contributed by atoms with van der Waals surface area (Å²) in [5.41, 5.74) is 3.10. The molecule has 2 N–H and O–H groups in total. The van der Waals surface area contributed by atoms with Crippen LogP contribution in [-0.4, -0.2) is 73.6 Å². The van der Waals surface area contributed by atoms with Crippen LogP contribution in [-0.2, 0) is 10.0 Å². The Morgan fingerprint density at radius 2 is 1.77 bits per heavy atom. The van der Waals surface area contributed by atoms with Gasteiger partial charge in [-0.3, -0.25) is 9.69 Å². The Balaban J connectivity index is 1.71. The molecule has 13 heteroatoms. The van der Waals surface area contributed by atoms with E-state index in [1.807, 2.05) is 45.9 Å². The second-order valence-electron chi connectivity index (χ2n) is 11.7. The van der Waals surface area contributed by atoms with Gasteiger partial charge in [-0.15, -0.1) is 0 Å². The fraction of sp³-hybridized carbons (Fsp3) is 0.452. The zero-order valence-electron chi connectivity index (χ0n) is 25.4. The van der Waals surface area contributed by atoms with Crippen molar-refractivity contribution in [2.45, 2.75) is 64.3 Å². The second-order valence-corrected chi connectivity index (χ2v) is 13.3. The minimum Gasteiger partial charge on any atom is -0.471 e. The number of hydrogen-bond donors (Lipinski definition) is 2. The molecule has 0 saturated carbocycles. The number of alkyl halides is 3. The molecule has 1 saturated heterocycles. The molecule has 0 amide bonds. The maximum absolute atomic E-state index is 13.4. The van der Waals surface area contributed by atoms with Crippen LogP contribution in [0, 0.1) is 19.8 Å². The van der Waals surface area contributed by atoms with Gasteiger partial charge in [0.05, 0.1) is 17.1 Å². The van der Waals surface area contributed by atoms with E-state index in [0.29, 0.717) is 12.1 Å². The third kappa shape index (κ3) is 8.99. The molecule has 0 spiro atoms. The molecule has 3 aromatic rings. The average Bonchev–Trinajstić information content (AvgIpc) is 3.07. The number of hydrogen-bond acceptors (Lipinski definition) is 8. The number of nitrogens with one attached hydrogen (secondary N) is 2. The van der Waals surface area contributed by atoms with Gasteiger partial charge in [0.25, 0.3) is 10.0 Å². The predicted molar refractivity (Wildman–Crippen MR) is 162 cm³/mol. The van der Waals surface area contributed by atoms with E-state index in [4.69, 9.17) is 4.74 Å². The first-order valence-corrected chi connectivity index (χ1v) is 15.9. The van der Waals surface area contributed by atoms with Crippen molar-refractivity contribution in [3.05, 3.63) is 65.2 Å². The topological polar surface area (TPSA) is 114 Å². The summed E-state index contributed by atoms with van der Waals surface area (Å²) in [5.74, 6) is -0.280. The van der Waals surface area contributed by atoms with Crippen molar-refractivity contribution in [2.24, 2.45) is 5.92 Å². The van der Waals surface area contributed by atoms with Gasteiger partial charge in [-0.2, -0.15) is 18.2 Å². The number of halogens is 3. The minimum absolute atomic E-state index is 0.00825. The largest absolute Gasteiger partial charge is 0.471 e. The van der Waals surface area contributed by atoms with Gasteiger partial charge in [-0.1, -0.05) is 44.2 Å². The van der Waals surface area contributed by atoms with Crippen LogP contribution < -0.4 is 14.8 Å². The first-order valence-electron chi connectivity index (χ1n) is 14.4. The van der Waals surface area contributed by atoms with Crippen LogP contribution in [0.2, 0.25) is 0 Å². The van der Waals surface area contributed by atoms with Crippen LogP contribution >= 0.6 is 0 Å². The molecule has 0 unspecified atom stereocenters. The molecule has 1 fully saturated rings. The summed E-state index contributed by atoms with van der Waals surface area (Å²) in [6.07, 6.45) is -4.40. The SMILES string of the molecule is CC(=O)c1cccc(S(=O)(=O)Nc2nc(O[C@H]3CN[C@@H](CC(C)C)CN(CC(F)(F)F)C3)cc(-c3c(C)cccc3C)n2)c1. The van der Waals surface area contributed by atoms with E-state index in [1.54, 1.807) is 6.07 Å². The lowest BCUT2D eigenvalue weighted by atomic mass is 10.00. The highest BCUT2D eigenvalue weighted by molar-refractivity contribution is 7.92. The number of sulfonamides is 1. The standard InChI is InChI=1S/C31H38F3N5O4S/c1-19(2)12-24-16-39(18-31(32,33)34)17-25(15-35-24)43-28-14-27(29-20(3)8-6-9-21(29)4)36-30(37-28)38-44(41,42)26-11-7-10-23(13-26)22(5)40/h6-11,13-14,19,24-25,35H,12,15-18H2,1-5H3,(H,36,37,38)/t24-,25-/m0/s1. The molecule has 4 rings (SSSR count). The van der Waals surface area contributed by atoms with Crippen molar-refractivity contribution < 1.29 is 31.1 Å². The number of aryl methyl sites for hydroxylation is 2. The van der Waals surface area contributed by atoms with E-state index in [9.17, 15) is 26.4 Å². The van der Waals surface area contributed by atoms with E-state index in [2.05, 4.69) is 20.0 Å². The van der Waals surface area contributed by atoms with Crippen molar-refractivity contribution >= 4 is 21.8 Å². The van der Waals surface area contributed by atoms with Gasteiger partial charge in [-0.05, 0) is 56.4 Å². The first-order chi connectivity index (χ1) is 20.6. The summed E-state index contributed by atoms with van der Waals surface area (Å²) < 4.78 is 75.6. The fourth-order valence-electron chi connectivity index (χ4n) is 5.40. The average molecular weight is 634 g/mol. The van der Waals surface area contributed by atoms with Crippen LogP contribution in [0.1, 0.15) is 48.7 Å². The number of nitrogens with zero attached hydrogens (tertiary/aromatic N) is 3. The van der Waals surface area contributed by atoms with Crippen LogP contribution in [0.4, 0.5) is 19.1 Å². The lowest BCUT2D eigenvalue weighted by Crippen LogP contribution is -2.43. The van der Waals surface area contributed by atoms with Gasteiger partial charge in [-0.25, -0.2) is 18.1 Å². The van der Waals surface area contributed by atoms with E-state index in [1.165, 1.54) is 36.1 Å². The van der Waals surface area contributed by atoms with Crippen LogP contribution in [0.15, 0.2) is 53.4 Å². The number of ether oxygens (including phenoxy) is 1. The molecule has 238 valence electrons. The normalized spacial score (nSPS) is 18.2. The Labute approximate surface area is 256 Å². The summed E-state index contributed by atoms with van der Waals surface area (Å²) in [7, 11) is -4.22. The Morgan fingerprint density at radius 1 is 1.09 bits per heavy atom. The molecular formula is C31H38F3N5O4S. The predicted octanol–water partition coefficient (Wildman–Crippen LogP) is 5.39. The number of ketones is 1. The number of aromatic nitrogens is 2. The van der Waals surface area contributed by atoms with Crippen molar-refractivity contribution in [1.29, 1.82) is 0 Å². The molecule has 0 radical (unpaired) electrons. The van der Waals surface area contributed by atoms with Gasteiger partial charge in [0.2, 0.25) is 11.8 Å². The van der Waals surface area contributed by atoms with Crippen LogP contribution in [0.5, 0.6) is 5.88 Å². The molecule has 1 aliphatic heterocycles. The van der Waals surface area contributed by atoms with E-state index in [0.717, 1.165) is 16.7 Å². The lowest BCUT2D eigenvalue weighted by Gasteiger charge is -2.27. The molecule has 1 aromatic heterocycles. The van der Waals surface area contributed by atoms with Gasteiger partial charge in [0.15, 0.2) is 5.78 Å². The van der Waals surface area contributed by atoms with E-state index >= 15 is 0 Å². The van der Waals surface area contributed by atoms with E-state index in [-0.39, 0.29) is 59.7 Å². The zero-order chi connectivity index (χ0) is 32.2. The van der Waals surface area contributed by atoms with Gasteiger partial charge in [0, 0.05) is 42.9 Å². The Kier molecular flexibility index (Phi) is 10.3. The number of carbonyl (C=O) groups is 1. The maximum Gasteiger partial charge on any atom is 0.401 e. The number of benzene rings is 2. The number of rotatable bonds is 10. The molecule has 44 heavy (non-hydrogen) atoms. The molecule has 2 heterocycles. The summed E-state index contributed by atoms with van der Waals surface area (Å²) >= 11 is 0. The summed E-state index contributed by atoms with van der Waals surface area (Å²) in [6, 6.07) is 12.7. The van der Waals surface area contributed by atoms with Crippen molar-refractivity contribution in [2.75, 3.05) is 30.9 Å². The Morgan fingerprint density at radius 3 is 2.41 bits per heavy atom. The van der Waals surface area contributed by atoms with Gasteiger partial charge < -0.3 is 10.1 Å². The molecule has 2 aromatic carbocycles. The van der Waals surface area contributed by atoms with Crippen LogP contribution in [0.25, 0.3) is 11.3 Å². The third-order valence-corrected chi connectivity index (χ3v) is 8.56. The lowest BCUT2D eigenvalue weighted by molar-refractivity contribution is -0.147. The zero-order valence-corrected chi connectivity index (χ0v) is 26.2. The number of Topliss-reactive ketones (excluding diaryl/α,β-unsaturated/α-hetero) is 1. The highest BCUT2D eigenvalue weighted by Crippen LogP contribution is 2.30. The quantitative estimate of drug-likeness (QED) is 0.286.